The lowest BCUT2D eigenvalue weighted by atomic mass is 10.1. The Bertz CT molecular complexity index is 479. The van der Waals surface area contributed by atoms with Crippen molar-refractivity contribution in [1.82, 2.24) is 15.4 Å². The van der Waals surface area contributed by atoms with E-state index in [-0.39, 0.29) is 0 Å². The van der Waals surface area contributed by atoms with Crippen molar-refractivity contribution in [2.24, 2.45) is 0 Å². The van der Waals surface area contributed by atoms with Gasteiger partial charge >= 0.3 is 5.97 Å². The van der Waals surface area contributed by atoms with Crippen LogP contribution in [0, 0.1) is 0 Å². The van der Waals surface area contributed by atoms with Crippen LogP contribution in [-0.2, 0) is 4.79 Å². The third kappa shape index (κ3) is 1.31. The van der Waals surface area contributed by atoms with Gasteiger partial charge in [0.15, 0.2) is 6.10 Å². The Labute approximate surface area is 78.2 Å². The summed E-state index contributed by atoms with van der Waals surface area (Å²) in [7, 11) is 0. The van der Waals surface area contributed by atoms with E-state index in [0.29, 0.717) is 16.6 Å². The topological polar surface area (TPSA) is 99.1 Å². The summed E-state index contributed by atoms with van der Waals surface area (Å²) in [5, 5.41) is 27.8. The van der Waals surface area contributed by atoms with Crippen LogP contribution in [0.25, 0.3) is 11.0 Å². The number of nitrogens with one attached hydrogen (secondary N) is 1. The molecule has 1 aromatic carbocycles. The molecule has 6 nitrogen and oxygen atoms in total. The number of aliphatic hydroxyl groups is 1. The van der Waals surface area contributed by atoms with E-state index in [9.17, 15) is 9.90 Å². The van der Waals surface area contributed by atoms with Crippen molar-refractivity contribution in [3.05, 3.63) is 23.8 Å². The van der Waals surface area contributed by atoms with Crippen LogP contribution < -0.4 is 0 Å². The van der Waals surface area contributed by atoms with Gasteiger partial charge < -0.3 is 10.2 Å². The van der Waals surface area contributed by atoms with Gasteiger partial charge in [0.05, 0.1) is 0 Å². The number of hydrogen-bond donors (Lipinski definition) is 3. The highest BCUT2D eigenvalue weighted by molar-refractivity contribution is 5.79. The van der Waals surface area contributed by atoms with E-state index in [1.807, 2.05) is 0 Å². The molecule has 0 aliphatic rings. The molecule has 6 heteroatoms. The van der Waals surface area contributed by atoms with Crippen LogP contribution >= 0.6 is 0 Å². The van der Waals surface area contributed by atoms with Crippen molar-refractivity contribution in [3.63, 3.8) is 0 Å². The molecular formula is C8H7N3O3. The van der Waals surface area contributed by atoms with Crippen molar-refractivity contribution in [1.29, 1.82) is 0 Å². The fourth-order valence-electron chi connectivity index (χ4n) is 1.17. The molecule has 0 fully saturated rings. The zero-order chi connectivity index (χ0) is 10.1. The predicted molar refractivity (Wildman–Crippen MR) is 46.5 cm³/mol. The molecule has 1 heterocycles. The molecule has 2 aromatic rings. The number of aliphatic hydroxyl groups excluding tert-OH is 1. The maximum atomic E-state index is 10.5. The molecule has 1 atom stereocenters. The largest absolute Gasteiger partial charge is 0.479 e. The van der Waals surface area contributed by atoms with Crippen LogP contribution in [-0.4, -0.2) is 31.6 Å². The summed E-state index contributed by atoms with van der Waals surface area (Å²) >= 11 is 0. The van der Waals surface area contributed by atoms with E-state index in [0.717, 1.165) is 0 Å². The molecule has 0 saturated carbocycles. The SMILES string of the molecule is O=C(O)C(O)c1ccc2n[nH]nc2c1. The number of hydrogen-bond acceptors (Lipinski definition) is 4. The minimum atomic E-state index is -1.52. The van der Waals surface area contributed by atoms with Gasteiger partial charge in [0.1, 0.15) is 11.0 Å². The quantitative estimate of drug-likeness (QED) is 0.627. The number of H-pyrrole nitrogens is 1. The molecule has 1 aromatic heterocycles. The standard InChI is InChI=1S/C8H7N3O3/c12-7(8(13)14)4-1-2-5-6(3-4)10-11-9-5/h1-3,7,12H,(H,13,14)(H,9,10,11). The van der Waals surface area contributed by atoms with Crippen molar-refractivity contribution in [3.8, 4) is 0 Å². The second-order valence-electron chi connectivity index (χ2n) is 2.81. The van der Waals surface area contributed by atoms with Gasteiger partial charge in [-0.25, -0.2) is 4.79 Å². The van der Waals surface area contributed by atoms with E-state index in [1.165, 1.54) is 12.1 Å². The van der Waals surface area contributed by atoms with Crippen LogP contribution in [0.2, 0.25) is 0 Å². The molecule has 14 heavy (non-hydrogen) atoms. The Hall–Kier alpha value is -1.95. The fraction of sp³-hybridized carbons (Fsp3) is 0.125. The summed E-state index contributed by atoms with van der Waals surface area (Å²) in [6.45, 7) is 0. The van der Waals surface area contributed by atoms with Gasteiger partial charge in [-0.1, -0.05) is 6.07 Å². The average molecular weight is 193 g/mol. The number of aromatic nitrogens is 3. The molecule has 0 saturated heterocycles. The number of aromatic amines is 1. The highest BCUT2D eigenvalue weighted by Gasteiger charge is 2.16. The molecule has 72 valence electrons. The number of aliphatic carboxylic acids is 1. The molecular weight excluding hydrogens is 186 g/mol. The van der Waals surface area contributed by atoms with E-state index in [2.05, 4.69) is 15.4 Å². The van der Waals surface area contributed by atoms with E-state index in [1.54, 1.807) is 6.07 Å². The molecule has 0 amide bonds. The third-order valence-electron chi connectivity index (χ3n) is 1.89. The molecule has 3 N–H and O–H groups in total. The Morgan fingerprint density at radius 3 is 2.79 bits per heavy atom. The predicted octanol–water partition coefficient (Wildman–Crippen LogP) is 0.0759. The molecule has 0 spiro atoms. The lowest BCUT2D eigenvalue weighted by molar-refractivity contribution is -0.146. The molecule has 2 rings (SSSR count). The minimum absolute atomic E-state index is 0.291. The van der Waals surface area contributed by atoms with Crippen molar-refractivity contribution >= 4 is 17.0 Å². The second-order valence-corrected chi connectivity index (χ2v) is 2.81. The van der Waals surface area contributed by atoms with Gasteiger partial charge in [-0.3, -0.25) is 0 Å². The normalized spacial score (nSPS) is 12.9. The zero-order valence-corrected chi connectivity index (χ0v) is 7.01. The first-order chi connectivity index (χ1) is 6.68. The van der Waals surface area contributed by atoms with Crippen LogP contribution in [0.1, 0.15) is 11.7 Å². The first-order valence-electron chi connectivity index (χ1n) is 3.90. The van der Waals surface area contributed by atoms with Gasteiger partial charge in [-0.2, -0.15) is 15.4 Å². The molecule has 0 aliphatic heterocycles. The highest BCUT2D eigenvalue weighted by atomic mass is 16.4. The molecule has 1 unspecified atom stereocenters. The lowest BCUT2D eigenvalue weighted by Crippen LogP contribution is -2.10. The molecule has 0 bridgehead atoms. The first kappa shape index (κ1) is 8.64. The smallest absolute Gasteiger partial charge is 0.337 e. The van der Waals surface area contributed by atoms with E-state index >= 15 is 0 Å². The van der Waals surface area contributed by atoms with Crippen LogP contribution in [0.15, 0.2) is 18.2 Å². The highest BCUT2D eigenvalue weighted by Crippen LogP contribution is 2.17. The number of carbonyl (C=O) groups is 1. The Balaban J connectivity index is 2.48. The molecule has 0 radical (unpaired) electrons. The first-order valence-corrected chi connectivity index (χ1v) is 3.90. The Kier molecular flexibility index (Phi) is 1.90. The lowest BCUT2D eigenvalue weighted by Gasteiger charge is -2.03. The fourth-order valence-corrected chi connectivity index (χ4v) is 1.17. The number of rotatable bonds is 2. The van der Waals surface area contributed by atoms with Gasteiger partial charge in [0.25, 0.3) is 0 Å². The summed E-state index contributed by atoms with van der Waals surface area (Å²) in [6.07, 6.45) is -1.52. The molecule has 0 aliphatic carbocycles. The number of nitrogens with zero attached hydrogens (tertiary/aromatic N) is 2. The summed E-state index contributed by atoms with van der Waals surface area (Å²) in [6, 6.07) is 4.58. The van der Waals surface area contributed by atoms with Crippen LogP contribution in [0.3, 0.4) is 0 Å². The van der Waals surface area contributed by atoms with Gasteiger partial charge in [0.2, 0.25) is 0 Å². The van der Waals surface area contributed by atoms with Crippen molar-refractivity contribution < 1.29 is 15.0 Å². The summed E-state index contributed by atoms with van der Waals surface area (Å²) in [5.74, 6) is -1.28. The van der Waals surface area contributed by atoms with Crippen LogP contribution in [0.5, 0.6) is 0 Å². The van der Waals surface area contributed by atoms with E-state index < -0.39 is 12.1 Å². The number of carboxylic acid groups (broad SMARTS) is 1. The van der Waals surface area contributed by atoms with Crippen molar-refractivity contribution in [2.45, 2.75) is 6.10 Å². The van der Waals surface area contributed by atoms with Gasteiger partial charge in [-0.15, -0.1) is 0 Å². The maximum absolute atomic E-state index is 10.5. The van der Waals surface area contributed by atoms with Gasteiger partial charge in [-0.05, 0) is 17.7 Å². The number of benzene rings is 1. The van der Waals surface area contributed by atoms with E-state index in [4.69, 9.17) is 5.11 Å². The van der Waals surface area contributed by atoms with Crippen LogP contribution in [0.4, 0.5) is 0 Å². The Morgan fingerprint density at radius 2 is 2.07 bits per heavy atom. The minimum Gasteiger partial charge on any atom is -0.479 e. The number of carboxylic acids is 1. The summed E-state index contributed by atoms with van der Waals surface area (Å²) in [5.41, 5.74) is 1.45. The summed E-state index contributed by atoms with van der Waals surface area (Å²) < 4.78 is 0. The summed E-state index contributed by atoms with van der Waals surface area (Å²) in [4.78, 5) is 10.5. The Morgan fingerprint density at radius 1 is 1.36 bits per heavy atom. The zero-order valence-electron chi connectivity index (χ0n) is 7.01. The average Bonchev–Trinajstić information content (AvgIpc) is 2.62. The third-order valence-corrected chi connectivity index (χ3v) is 1.89. The maximum Gasteiger partial charge on any atom is 0.337 e. The second kappa shape index (κ2) is 3.08. The van der Waals surface area contributed by atoms with Crippen molar-refractivity contribution in [2.75, 3.05) is 0 Å². The number of fused-ring (bicyclic) bond motifs is 1. The van der Waals surface area contributed by atoms with Gasteiger partial charge in [0, 0.05) is 0 Å². The monoisotopic (exact) mass is 193 g/mol.